The first kappa shape index (κ1) is 16.4. The molecule has 1 aromatic heterocycles. The molecule has 1 aromatic carbocycles. The largest absolute Gasteiger partial charge is 0.481 e. The molecule has 0 aliphatic heterocycles. The average molecular weight is 328 g/mol. The zero-order chi connectivity index (χ0) is 17.2. The minimum absolute atomic E-state index is 0.0574. The summed E-state index contributed by atoms with van der Waals surface area (Å²) >= 11 is 0. The van der Waals surface area contributed by atoms with Crippen LogP contribution in [-0.2, 0) is 10.2 Å². The number of aryl methyl sites for hydroxylation is 1. The average Bonchev–Trinajstić information content (AvgIpc) is 3.07. The molecule has 1 aliphatic rings. The molecule has 126 valence electrons. The molecule has 0 saturated heterocycles. The van der Waals surface area contributed by atoms with Gasteiger partial charge < -0.3 is 10.1 Å². The maximum Gasteiger partial charge on any atom is 0.235 e. The normalized spacial score (nSPS) is 16.0. The number of aromatic nitrogens is 1. The number of carbonyl (C=O) groups excluding carboxylic acids is 1. The highest BCUT2D eigenvalue weighted by atomic mass is 19.1. The summed E-state index contributed by atoms with van der Waals surface area (Å²) in [5.41, 5.74) is 1.78. The lowest BCUT2D eigenvalue weighted by atomic mass is 9.78. The zero-order valence-corrected chi connectivity index (χ0v) is 13.9. The number of methoxy groups -OCH3 is 1. The van der Waals surface area contributed by atoms with E-state index in [4.69, 9.17) is 4.74 Å². The molecule has 1 amide bonds. The second kappa shape index (κ2) is 6.59. The van der Waals surface area contributed by atoms with Gasteiger partial charge in [0, 0.05) is 5.56 Å². The van der Waals surface area contributed by atoms with Gasteiger partial charge in [0.2, 0.25) is 11.8 Å². The lowest BCUT2D eigenvalue weighted by Crippen LogP contribution is -2.38. The molecule has 24 heavy (non-hydrogen) atoms. The smallest absolute Gasteiger partial charge is 0.235 e. The molecule has 0 unspecified atom stereocenters. The number of carbonyl (C=O) groups is 1. The third kappa shape index (κ3) is 2.98. The highest BCUT2D eigenvalue weighted by Crippen LogP contribution is 2.42. The van der Waals surface area contributed by atoms with Crippen molar-refractivity contribution in [2.24, 2.45) is 0 Å². The van der Waals surface area contributed by atoms with E-state index in [0.29, 0.717) is 11.6 Å². The predicted octanol–water partition coefficient (Wildman–Crippen LogP) is 3.99. The van der Waals surface area contributed by atoms with Gasteiger partial charge in [-0.3, -0.25) is 4.79 Å². The summed E-state index contributed by atoms with van der Waals surface area (Å²) in [5, 5.41) is 2.98. The Labute approximate surface area is 141 Å². The van der Waals surface area contributed by atoms with Crippen LogP contribution in [0.25, 0.3) is 0 Å². The number of nitrogens with zero attached hydrogens (tertiary/aromatic N) is 1. The van der Waals surface area contributed by atoms with Crippen LogP contribution in [-0.4, -0.2) is 18.0 Å². The van der Waals surface area contributed by atoms with Gasteiger partial charge in [-0.15, -0.1) is 0 Å². The molecule has 1 heterocycles. The van der Waals surface area contributed by atoms with Crippen LogP contribution in [0.2, 0.25) is 0 Å². The third-order valence-electron chi connectivity index (χ3n) is 4.77. The molecule has 4 nitrogen and oxygen atoms in total. The highest BCUT2D eigenvalue weighted by Gasteiger charge is 2.42. The molecule has 1 fully saturated rings. The number of nitrogens with one attached hydrogen (secondary N) is 1. The summed E-state index contributed by atoms with van der Waals surface area (Å²) in [7, 11) is 1.57. The molecule has 5 heteroatoms. The van der Waals surface area contributed by atoms with E-state index in [-0.39, 0.29) is 11.7 Å². The Morgan fingerprint density at radius 2 is 1.92 bits per heavy atom. The van der Waals surface area contributed by atoms with Crippen LogP contribution in [0.1, 0.15) is 36.8 Å². The number of hydrogen-bond donors (Lipinski definition) is 1. The second-order valence-electron chi connectivity index (χ2n) is 6.30. The Bertz CT molecular complexity index is 738. The van der Waals surface area contributed by atoms with Gasteiger partial charge in [0.1, 0.15) is 5.82 Å². The van der Waals surface area contributed by atoms with E-state index in [2.05, 4.69) is 10.3 Å². The van der Waals surface area contributed by atoms with Gasteiger partial charge in [-0.2, -0.15) is 0 Å². The predicted molar refractivity (Wildman–Crippen MR) is 90.7 cm³/mol. The lowest BCUT2D eigenvalue weighted by molar-refractivity contribution is -0.121. The van der Waals surface area contributed by atoms with Gasteiger partial charge >= 0.3 is 0 Å². The molecule has 3 rings (SSSR count). The fraction of sp³-hybridized carbons (Fsp3) is 0.368. The Morgan fingerprint density at radius 3 is 2.50 bits per heavy atom. The number of hydrogen-bond acceptors (Lipinski definition) is 3. The van der Waals surface area contributed by atoms with E-state index in [1.165, 1.54) is 12.1 Å². The minimum Gasteiger partial charge on any atom is -0.481 e. The first-order valence-corrected chi connectivity index (χ1v) is 8.13. The number of anilines is 1. The molecule has 1 aliphatic carbocycles. The van der Waals surface area contributed by atoms with Gasteiger partial charge in [-0.25, -0.2) is 9.37 Å². The number of ether oxygens (including phenoxy) is 1. The minimum atomic E-state index is -0.596. The van der Waals surface area contributed by atoms with Gasteiger partial charge in [0.25, 0.3) is 0 Å². The van der Waals surface area contributed by atoms with Crippen LogP contribution in [0.15, 0.2) is 36.5 Å². The van der Waals surface area contributed by atoms with Crippen LogP contribution in [0, 0.1) is 12.7 Å². The van der Waals surface area contributed by atoms with Gasteiger partial charge in [0.05, 0.1) is 24.4 Å². The van der Waals surface area contributed by atoms with E-state index < -0.39 is 5.41 Å². The number of benzene rings is 1. The summed E-state index contributed by atoms with van der Waals surface area (Å²) in [5.74, 6) is 0.197. The van der Waals surface area contributed by atoms with Crippen molar-refractivity contribution < 1.29 is 13.9 Å². The fourth-order valence-corrected chi connectivity index (χ4v) is 3.49. The molecule has 0 radical (unpaired) electrons. The molecular weight excluding hydrogens is 307 g/mol. The monoisotopic (exact) mass is 328 g/mol. The van der Waals surface area contributed by atoms with Crippen molar-refractivity contribution in [1.82, 2.24) is 4.98 Å². The molecule has 2 aromatic rings. The van der Waals surface area contributed by atoms with Crippen molar-refractivity contribution in [3.8, 4) is 5.88 Å². The van der Waals surface area contributed by atoms with Crippen molar-refractivity contribution in [1.29, 1.82) is 0 Å². The molecule has 1 saturated carbocycles. The molecule has 0 atom stereocenters. The van der Waals surface area contributed by atoms with Gasteiger partial charge in [0.15, 0.2) is 0 Å². The summed E-state index contributed by atoms with van der Waals surface area (Å²) < 4.78 is 18.4. The van der Waals surface area contributed by atoms with Crippen molar-refractivity contribution in [2.45, 2.75) is 38.0 Å². The van der Waals surface area contributed by atoms with E-state index in [1.54, 1.807) is 25.4 Å². The summed E-state index contributed by atoms with van der Waals surface area (Å²) in [6.07, 6.45) is 5.12. The van der Waals surface area contributed by atoms with Crippen LogP contribution < -0.4 is 10.1 Å². The van der Waals surface area contributed by atoms with Crippen LogP contribution in [0.4, 0.5) is 10.1 Å². The van der Waals surface area contributed by atoms with Crippen LogP contribution in [0.5, 0.6) is 5.88 Å². The maximum atomic E-state index is 13.2. The maximum absolute atomic E-state index is 13.2. The van der Waals surface area contributed by atoms with E-state index >= 15 is 0 Å². The molecule has 0 bridgehead atoms. The molecule has 0 spiro atoms. The molecular formula is C19H21FN2O2. The summed E-state index contributed by atoms with van der Waals surface area (Å²) in [4.78, 5) is 17.2. The van der Waals surface area contributed by atoms with Crippen molar-refractivity contribution >= 4 is 11.6 Å². The fourth-order valence-electron chi connectivity index (χ4n) is 3.49. The van der Waals surface area contributed by atoms with Crippen LogP contribution in [0.3, 0.4) is 0 Å². The third-order valence-corrected chi connectivity index (χ3v) is 4.77. The first-order valence-electron chi connectivity index (χ1n) is 8.13. The SMILES string of the molecule is COc1ncc(NC(=O)C2(c3ccc(F)cc3)CCCC2)cc1C. The Hall–Kier alpha value is -2.43. The standard InChI is InChI=1S/C19H21FN2O2/c1-13-11-16(12-21-17(13)24-2)22-18(23)19(9-3-4-10-19)14-5-7-15(20)8-6-14/h5-8,11-12H,3-4,9-10H2,1-2H3,(H,22,23). The van der Waals surface area contributed by atoms with E-state index in [0.717, 1.165) is 36.8 Å². The number of rotatable bonds is 4. The van der Waals surface area contributed by atoms with Crippen molar-refractivity contribution in [2.75, 3.05) is 12.4 Å². The number of amides is 1. The van der Waals surface area contributed by atoms with Crippen LogP contribution >= 0.6 is 0 Å². The zero-order valence-electron chi connectivity index (χ0n) is 13.9. The van der Waals surface area contributed by atoms with Gasteiger partial charge in [-0.05, 0) is 43.5 Å². The van der Waals surface area contributed by atoms with E-state index in [9.17, 15) is 9.18 Å². The highest BCUT2D eigenvalue weighted by molar-refractivity contribution is 5.99. The van der Waals surface area contributed by atoms with Crippen molar-refractivity contribution in [3.63, 3.8) is 0 Å². The first-order chi connectivity index (χ1) is 11.5. The Balaban J connectivity index is 1.88. The second-order valence-corrected chi connectivity index (χ2v) is 6.30. The Kier molecular flexibility index (Phi) is 4.51. The summed E-state index contributed by atoms with van der Waals surface area (Å²) in [6.45, 7) is 1.88. The Morgan fingerprint density at radius 1 is 1.25 bits per heavy atom. The topological polar surface area (TPSA) is 51.2 Å². The van der Waals surface area contributed by atoms with E-state index in [1.807, 2.05) is 13.0 Å². The molecule has 1 N–H and O–H groups in total. The number of pyridine rings is 1. The van der Waals surface area contributed by atoms with Crippen molar-refractivity contribution in [3.05, 3.63) is 53.5 Å². The summed E-state index contributed by atoms with van der Waals surface area (Å²) in [6, 6.07) is 8.12. The van der Waals surface area contributed by atoms with Gasteiger partial charge in [-0.1, -0.05) is 25.0 Å². The lowest BCUT2D eigenvalue weighted by Gasteiger charge is -2.28. The quantitative estimate of drug-likeness (QED) is 0.923. The number of halogens is 1.